The van der Waals surface area contributed by atoms with Crippen LogP contribution in [-0.2, 0) is 0 Å². The smallest absolute Gasteiger partial charge is 0.405 e. The van der Waals surface area contributed by atoms with E-state index in [1.54, 1.807) is 24.8 Å². The number of hydrogen-bond acceptors (Lipinski definition) is 3. The molecule has 128 valence electrons. The minimum absolute atomic E-state index is 0.353. The first kappa shape index (κ1) is 17.2. The first-order chi connectivity index (χ1) is 12.0. The van der Waals surface area contributed by atoms with Gasteiger partial charge in [-0.1, -0.05) is 18.2 Å². The maximum Gasteiger partial charge on any atom is 0.405 e. The van der Waals surface area contributed by atoms with Crippen molar-refractivity contribution < 1.29 is 14.3 Å². The first-order valence-corrected chi connectivity index (χ1v) is 8.95. The molecule has 1 heterocycles. The van der Waals surface area contributed by atoms with Gasteiger partial charge < -0.3 is 10.4 Å². The number of amides is 1. The molecule has 0 aliphatic heterocycles. The second kappa shape index (κ2) is 7.11. The van der Waals surface area contributed by atoms with E-state index >= 15 is 0 Å². The van der Waals surface area contributed by atoms with Gasteiger partial charge in [-0.15, -0.1) is 11.8 Å². The van der Waals surface area contributed by atoms with E-state index in [2.05, 4.69) is 10.3 Å². The van der Waals surface area contributed by atoms with Crippen molar-refractivity contribution in [3.63, 3.8) is 0 Å². The second-order valence-corrected chi connectivity index (χ2v) is 6.48. The summed E-state index contributed by atoms with van der Waals surface area (Å²) in [6.07, 6.45) is 0.869. The number of carboxylic acid groups (broad SMARTS) is 1. The molecule has 2 aromatic carbocycles. The predicted molar refractivity (Wildman–Crippen MR) is 98.5 cm³/mol. The van der Waals surface area contributed by atoms with Gasteiger partial charge in [0, 0.05) is 27.5 Å². The van der Waals surface area contributed by atoms with E-state index in [1.807, 2.05) is 36.6 Å². The highest BCUT2D eigenvalue weighted by Gasteiger charge is 2.18. The van der Waals surface area contributed by atoms with Crippen LogP contribution in [0.3, 0.4) is 0 Å². The van der Waals surface area contributed by atoms with E-state index in [-0.39, 0.29) is 5.82 Å². The number of nitrogens with one attached hydrogen (secondary N) is 1. The molecule has 3 rings (SSSR count). The van der Waals surface area contributed by atoms with Crippen LogP contribution in [0.25, 0.3) is 22.2 Å². The lowest BCUT2D eigenvalue weighted by Gasteiger charge is -2.18. The Kier molecular flexibility index (Phi) is 4.90. The van der Waals surface area contributed by atoms with Gasteiger partial charge in [0.05, 0.1) is 17.3 Å². The normalized spacial score (nSPS) is 12.1. The predicted octanol–water partition coefficient (Wildman–Crippen LogP) is 5.09. The van der Waals surface area contributed by atoms with Crippen molar-refractivity contribution in [3.05, 3.63) is 59.9 Å². The van der Waals surface area contributed by atoms with Gasteiger partial charge in [-0.3, -0.25) is 0 Å². The fourth-order valence-corrected chi connectivity index (χ4v) is 3.40. The van der Waals surface area contributed by atoms with Crippen LogP contribution < -0.4 is 5.32 Å². The summed E-state index contributed by atoms with van der Waals surface area (Å²) in [4.78, 5) is 16.8. The summed E-state index contributed by atoms with van der Waals surface area (Å²) in [6, 6.07) is 13.6. The Bertz CT molecular complexity index is 946. The summed E-state index contributed by atoms with van der Waals surface area (Å²) in [5, 5.41) is 12.3. The average molecular weight is 356 g/mol. The lowest BCUT2D eigenvalue weighted by molar-refractivity contribution is 0.191. The van der Waals surface area contributed by atoms with Gasteiger partial charge in [0.1, 0.15) is 5.82 Å². The lowest BCUT2D eigenvalue weighted by Crippen LogP contribution is -2.25. The fraction of sp³-hybridized carbons (Fsp3) is 0.158. The third-order valence-corrected chi connectivity index (χ3v) is 4.77. The number of benzene rings is 2. The molecule has 0 radical (unpaired) electrons. The quantitative estimate of drug-likeness (QED) is 0.639. The van der Waals surface area contributed by atoms with Crippen molar-refractivity contribution in [2.24, 2.45) is 0 Å². The number of pyridine rings is 1. The van der Waals surface area contributed by atoms with E-state index in [1.165, 1.54) is 12.1 Å². The van der Waals surface area contributed by atoms with Crippen LogP contribution in [0.4, 0.5) is 9.18 Å². The molecule has 0 fully saturated rings. The van der Waals surface area contributed by atoms with Crippen LogP contribution in [0.5, 0.6) is 0 Å². The highest BCUT2D eigenvalue weighted by atomic mass is 32.2. The van der Waals surface area contributed by atoms with Crippen molar-refractivity contribution in [1.29, 1.82) is 0 Å². The van der Waals surface area contributed by atoms with Crippen molar-refractivity contribution in [2.45, 2.75) is 17.9 Å². The topological polar surface area (TPSA) is 62.2 Å². The van der Waals surface area contributed by atoms with E-state index in [0.717, 1.165) is 21.4 Å². The Morgan fingerprint density at radius 2 is 2.00 bits per heavy atom. The molecule has 6 heteroatoms. The third kappa shape index (κ3) is 3.58. The molecule has 1 aromatic heterocycles. The highest BCUT2D eigenvalue weighted by molar-refractivity contribution is 7.98. The molecule has 1 unspecified atom stereocenters. The number of halogens is 1. The molecule has 0 bridgehead atoms. The molecule has 4 nitrogen and oxygen atoms in total. The Morgan fingerprint density at radius 1 is 1.24 bits per heavy atom. The monoisotopic (exact) mass is 356 g/mol. The Balaban J connectivity index is 2.27. The van der Waals surface area contributed by atoms with E-state index in [0.29, 0.717) is 11.2 Å². The van der Waals surface area contributed by atoms with Crippen LogP contribution in [0.1, 0.15) is 18.5 Å². The number of hydrogen-bond donors (Lipinski definition) is 2. The molecule has 0 saturated heterocycles. The van der Waals surface area contributed by atoms with Crippen LogP contribution in [-0.4, -0.2) is 22.4 Å². The van der Waals surface area contributed by atoms with Gasteiger partial charge in [-0.25, -0.2) is 14.2 Å². The van der Waals surface area contributed by atoms with Crippen molar-refractivity contribution in [1.82, 2.24) is 10.3 Å². The summed E-state index contributed by atoms with van der Waals surface area (Å²) in [6.45, 7) is 1.77. The Labute approximate surface area is 149 Å². The van der Waals surface area contributed by atoms with Gasteiger partial charge in [-0.2, -0.15) is 0 Å². The Morgan fingerprint density at radius 3 is 2.72 bits per heavy atom. The maximum atomic E-state index is 13.6. The molecule has 1 atom stereocenters. The molecule has 25 heavy (non-hydrogen) atoms. The molecular formula is C19H17FN2O2S. The van der Waals surface area contributed by atoms with Gasteiger partial charge in [-0.05, 0) is 37.4 Å². The van der Waals surface area contributed by atoms with Crippen LogP contribution in [0.15, 0.2) is 53.4 Å². The minimum Gasteiger partial charge on any atom is -0.465 e. The summed E-state index contributed by atoms with van der Waals surface area (Å²) < 4.78 is 13.6. The van der Waals surface area contributed by atoms with Gasteiger partial charge in [0.15, 0.2) is 0 Å². The number of nitrogens with zero attached hydrogens (tertiary/aromatic N) is 1. The third-order valence-electron chi connectivity index (χ3n) is 3.98. The zero-order valence-electron chi connectivity index (χ0n) is 13.8. The first-order valence-electron chi connectivity index (χ1n) is 7.72. The van der Waals surface area contributed by atoms with Gasteiger partial charge in [0.2, 0.25) is 0 Å². The molecule has 0 saturated carbocycles. The molecule has 3 aromatic rings. The van der Waals surface area contributed by atoms with E-state index < -0.39 is 12.1 Å². The number of fused-ring (bicyclic) bond motifs is 1. The van der Waals surface area contributed by atoms with Crippen LogP contribution >= 0.6 is 11.8 Å². The number of rotatable bonds is 4. The largest absolute Gasteiger partial charge is 0.465 e. The number of thioether (sulfide) groups is 1. The molecule has 2 N–H and O–H groups in total. The zero-order chi connectivity index (χ0) is 18.0. The summed E-state index contributed by atoms with van der Waals surface area (Å²) in [5.41, 5.74) is 2.85. The average Bonchev–Trinajstić information content (AvgIpc) is 2.59. The zero-order valence-corrected chi connectivity index (χ0v) is 14.6. The molecule has 0 spiro atoms. The summed E-state index contributed by atoms with van der Waals surface area (Å²) in [5.74, 6) is -0.353. The Hall–Kier alpha value is -2.60. The summed E-state index contributed by atoms with van der Waals surface area (Å²) >= 11 is 1.58. The van der Waals surface area contributed by atoms with E-state index in [4.69, 9.17) is 5.11 Å². The van der Waals surface area contributed by atoms with E-state index in [9.17, 15) is 9.18 Å². The van der Waals surface area contributed by atoms with Crippen LogP contribution in [0.2, 0.25) is 0 Å². The molecule has 0 aliphatic carbocycles. The van der Waals surface area contributed by atoms with Crippen LogP contribution in [0, 0.1) is 5.82 Å². The summed E-state index contributed by atoms with van der Waals surface area (Å²) in [7, 11) is 0. The second-order valence-electron chi connectivity index (χ2n) is 5.63. The fourth-order valence-electron chi connectivity index (χ4n) is 2.81. The SMILES string of the molecule is CSc1ccccc1-c1nc2cc(F)ccc2cc1C(C)NC(=O)O. The highest BCUT2D eigenvalue weighted by Crippen LogP contribution is 2.35. The van der Waals surface area contributed by atoms with Crippen molar-refractivity contribution >= 4 is 28.8 Å². The number of aromatic nitrogens is 1. The van der Waals surface area contributed by atoms with Crippen molar-refractivity contribution in [3.8, 4) is 11.3 Å². The molecular weight excluding hydrogens is 339 g/mol. The van der Waals surface area contributed by atoms with Gasteiger partial charge >= 0.3 is 6.09 Å². The lowest BCUT2D eigenvalue weighted by atomic mass is 9.98. The molecule has 1 amide bonds. The maximum absolute atomic E-state index is 13.6. The van der Waals surface area contributed by atoms with Gasteiger partial charge in [0.25, 0.3) is 0 Å². The standard InChI is InChI=1S/C19H17FN2O2S/c1-11(21-19(23)24)15-9-12-7-8-13(20)10-16(12)22-18(15)14-5-3-4-6-17(14)25-2/h3-11,21H,1-2H3,(H,23,24). The van der Waals surface area contributed by atoms with Crippen molar-refractivity contribution in [2.75, 3.05) is 6.26 Å². The molecule has 0 aliphatic rings. The number of carbonyl (C=O) groups is 1. The minimum atomic E-state index is -1.10.